The van der Waals surface area contributed by atoms with Gasteiger partial charge in [-0.25, -0.2) is 4.98 Å². The Bertz CT molecular complexity index is 947. The van der Waals surface area contributed by atoms with Gasteiger partial charge in [0.1, 0.15) is 5.82 Å². The molecule has 0 aromatic carbocycles. The molecule has 144 valence electrons. The van der Waals surface area contributed by atoms with Gasteiger partial charge in [-0.05, 0) is 55.0 Å². The Hall–Kier alpha value is -2.48. The third kappa shape index (κ3) is 3.61. The molecule has 0 bridgehead atoms. The molecule has 0 radical (unpaired) electrons. The summed E-state index contributed by atoms with van der Waals surface area (Å²) in [6.07, 6.45) is 6.03. The quantitative estimate of drug-likeness (QED) is 0.604. The summed E-state index contributed by atoms with van der Waals surface area (Å²) in [7, 11) is 0. The van der Waals surface area contributed by atoms with Gasteiger partial charge in [0.25, 0.3) is 0 Å². The van der Waals surface area contributed by atoms with Gasteiger partial charge in [0.15, 0.2) is 5.11 Å². The molecule has 6 nitrogen and oxygen atoms in total. The molecule has 3 aromatic heterocycles. The fourth-order valence-corrected chi connectivity index (χ4v) is 4.01. The van der Waals surface area contributed by atoms with Crippen molar-refractivity contribution in [3.05, 3.63) is 77.5 Å². The normalized spacial score (nSPS) is 19.1. The van der Waals surface area contributed by atoms with Crippen molar-refractivity contribution in [1.29, 1.82) is 0 Å². The van der Waals surface area contributed by atoms with E-state index in [0.717, 1.165) is 17.2 Å². The van der Waals surface area contributed by atoms with E-state index >= 15 is 0 Å². The van der Waals surface area contributed by atoms with Crippen LogP contribution in [0.4, 0.5) is 0 Å². The van der Waals surface area contributed by atoms with Gasteiger partial charge in [-0.2, -0.15) is 0 Å². The van der Waals surface area contributed by atoms with Crippen LogP contribution < -0.4 is 5.32 Å². The number of nitrogens with zero attached hydrogens (tertiary/aromatic N) is 4. The van der Waals surface area contributed by atoms with Crippen LogP contribution in [0.25, 0.3) is 5.82 Å². The van der Waals surface area contributed by atoms with Gasteiger partial charge in [0, 0.05) is 37.4 Å². The third-order valence-corrected chi connectivity index (χ3v) is 5.37. The second-order valence-corrected chi connectivity index (χ2v) is 7.36. The van der Waals surface area contributed by atoms with Crippen molar-refractivity contribution in [3.8, 4) is 5.82 Å². The molecule has 8 heteroatoms. The average Bonchev–Trinajstić information content (AvgIpc) is 3.32. The molecule has 0 saturated carbocycles. The Balaban J connectivity index is 1.78. The summed E-state index contributed by atoms with van der Waals surface area (Å²) in [6.45, 7) is 0.759. The van der Waals surface area contributed by atoms with Crippen molar-refractivity contribution in [2.45, 2.75) is 18.5 Å². The third-order valence-electron chi connectivity index (χ3n) is 4.80. The van der Waals surface area contributed by atoms with Crippen LogP contribution in [0, 0.1) is 0 Å². The number of aliphatic hydroxyl groups is 1. The largest absolute Gasteiger partial charge is 0.396 e. The van der Waals surface area contributed by atoms with E-state index in [1.54, 1.807) is 12.4 Å². The van der Waals surface area contributed by atoms with Crippen LogP contribution in [-0.2, 0) is 0 Å². The van der Waals surface area contributed by atoms with Gasteiger partial charge in [0.2, 0.25) is 0 Å². The lowest BCUT2D eigenvalue weighted by Crippen LogP contribution is -2.31. The molecular formula is C20H20ClN5OS. The number of pyridine rings is 2. The molecule has 1 saturated heterocycles. The average molecular weight is 414 g/mol. The summed E-state index contributed by atoms with van der Waals surface area (Å²) in [5.74, 6) is 0.782. The smallest absolute Gasteiger partial charge is 0.170 e. The summed E-state index contributed by atoms with van der Waals surface area (Å²) in [5, 5.41) is 14.0. The molecule has 2 N–H and O–H groups in total. The minimum absolute atomic E-state index is 0.0820. The van der Waals surface area contributed by atoms with Crippen molar-refractivity contribution >= 4 is 28.9 Å². The topological polar surface area (TPSA) is 66.2 Å². The van der Waals surface area contributed by atoms with Crippen LogP contribution in [-0.4, -0.2) is 42.8 Å². The fraction of sp³-hybridized carbons (Fsp3) is 0.250. The minimum Gasteiger partial charge on any atom is -0.396 e. The molecule has 2 atom stereocenters. The molecule has 4 rings (SSSR count). The Kier molecular flexibility index (Phi) is 5.57. The van der Waals surface area contributed by atoms with Gasteiger partial charge in [-0.15, -0.1) is 0 Å². The van der Waals surface area contributed by atoms with Crippen LogP contribution >= 0.6 is 23.8 Å². The van der Waals surface area contributed by atoms with Crippen LogP contribution in [0.15, 0.2) is 61.1 Å². The van der Waals surface area contributed by atoms with E-state index in [-0.39, 0.29) is 18.7 Å². The number of halogens is 1. The lowest BCUT2D eigenvalue weighted by molar-refractivity contribution is 0.244. The highest BCUT2D eigenvalue weighted by Crippen LogP contribution is 2.39. The van der Waals surface area contributed by atoms with Gasteiger partial charge in [-0.1, -0.05) is 17.7 Å². The van der Waals surface area contributed by atoms with Crippen molar-refractivity contribution in [2.75, 3.05) is 13.2 Å². The van der Waals surface area contributed by atoms with Crippen LogP contribution in [0.3, 0.4) is 0 Å². The monoisotopic (exact) mass is 413 g/mol. The van der Waals surface area contributed by atoms with Crippen LogP contribution in [0.1, 0.15) is 29.9 Å². The number of rotatable bonds is 6. The second-order valence-electron chi connectivity index (χ2n) is 6.53. The number of hydrogen-bond acceptors (Lipinski definition) is 4. The zero-order valence-corrected chi connectivity index (χ0v) is 16.6. The zero-order valence-electron chi connectivity index (χ0n) is 15.1. The number of aliphatic hydroxyl groups excluding tert-OH is 1. The zero-order chi connectivity index (χ0) is 19.5. The molecular weight excluding hydrogens is 394 g/mol. The summed E-state index contributed by atoms with van der Waals surface area (Å²) < 4.78 is 2.04. The van der Waals surface area contributed by atoms with E-state index in [2.05, 4.69) is 26.3 Å². The number of hydrogen-bond donors (Lipinski definition) is 2. The highest BCUT2D eigenvalue weighted by atomic mass is 35.5. The number of nitrogens with one attached hydrogen (secondary N) is 1. The maximum Gasteiger partial charge on any atom is 0.170 e. The first-order chi connectivity index (χ1) is 13.7. The summed E-state index contributed by atoms with van der Waals surface area (Å²) in [4.78, 5) is 11.1. The predicted molar refractivity (Wildman–Crippen MR) is 112 cm³/mol. The van der Waals surface area contributed by atoms with Crippen molar-refractivity contribution in [1.82, 2.24) is 24.8 Å². The molecule has 1 aliphatic rings. The molecule has 0 aliphatic carbocycles. The number of thiocarbonyl (C=S) groups is 1. The van der Waals surface area contributed by atoms with E-state index in [1.165, 1.54) is 0 Å². The molecule has 28 heavy (non-hydrogen) atoms. The Morgan fingerprint density at radius 3 is 2.75 bits per heavy atom. The summed E-state index contributed by atoms with van der Waals surface area (Å²) in [6, 6.07) is 13.5. The lowest BCUT2D eigenvalue weighted by atomic mass is 10.0. The van der Waals surface area contributed by atoms with Gasteiger partial charge in [-0.3, -0.25) is 4.98 Å². The van der Waals surface area contributed by atoms with Crippen molar-refractivity contribution < 1.29 is 5.11 Å². The predicted octanol–water partition coefficient (Wildman–Crippen LogP) is 3.28. The summed E-state index contributed by atoms with van der Waals surface area (Å²) >= 11 is 11.6. The Morgan fingerprint density at radius 2 is 2.04 bits per heavy atom. The van der Waals surface area contributed by atoms with Crippen molar-refractivity contribution in [2.24, 2.45) is 0 Å². The van der Waals surface area contributed by atoms with Gasteiger partial charge >= 0.3 is 0 Å². The van der Waals surface area contributed by atoms with Crippen LogP contribution in [0.5, 0.6) is 0 Å². The second kappa shape index (κ2) is 8.26. The van der Waals surface area contributed by atoms with Gasteiger partial charge in [0.05, 0.1) is 22.8 Å². The van der Waals surface area contributed by atoms with E-state index < -0.39 is 0 Å². The maximum absolute atomic E-state index is 9.34. The molecule has 0 spiro atoms. The minimum atomic E-state index is -0.103. The first-order valence-electron chi connectivity index (χ1n) is 9.07. The summed E-state index contributed by atoms with van der Waals surface area (Å²) in [5.41, 5.74) is 1.95. The van der Waals surface area contributed by atoms with Crippen molar-refractivity contribution in [3.63, 3.8) is 0 Å². The molecule has 4 heterocycles. The molecule has 0 unspecified atom stereocenters. The lowest BCUT2D eigenvalue weighted by Gasteiger charge is -2.28. The maximum atomic E-state index is 9.34. The van der Waals surface area contributed by atoms with E-state index in [9.17, 15) is 5.11 Å². The first kappa shape index (κ1) is 18.9. The first-order valence-corrected chi connectivity index (χ1v) is 9.86. The van der Waals surface area contributed by atoms with Crippen LogP contribution in [0.2, 0.25) is 5.02 Å². The van der Waals surface area contributed by atoms with E-state index in [0.29, 0.717) is 23.1 Å². The molecule has 3 aromatic rings. The molecule has 1 aliphatic heterocycles. The SMILES string of the molecule is OCCCN1C(=S)N[C@H](c2ccccn2)[C@H]1c1cccn1-c1ccc(Cl)cn1. The Labute approximate surface area is 173 Å². The molecule has 1 fully saturated rings. The standard InChI is InChI=1S/C20H20ClN5OS/c21-14-7-8-17(23-13-14)25-10-3-6-16(25)19-18(15-5-1-2-9-22-15)24-20(28)26(19)11-4-12-27/h1-3,5-10,13,18-19,27H,4,11-12H2,(H,24,28)/t18-,19-/m1/s1. The highest BCUT2D eigenvalue weighted by molar-refractivity contribution is 7.80. The Morgan fingerprint density at radius 1 is 1.14 bits per heavy atom. The van der Waals surface area contributed by atoms with Gasteiger partial charge < -0.3 is 19.9 Å². The molecule has 0 amide bonds. The number of aromatic nitrogens is 3. The van der Waals surface area contributed by atoms with E-state index in [4.69, 9.17) is 23.8 Å². The van der Waals surface area contributed by atoms with E-state index in [1.807, 2.05) is 47.2 Å². The highest BCUT2D eigenvalue weighted by Gasteiger charge is 2.40. The fourth-order valence-electron chi connectivity index (χ4n) is 3.56.